The van der Waals surface area contributed by atoms with E-state index in [1.807, 2.05) is 65.4 Å². The molecule has 0 spiro atoms. The smallest absolute Gasteiger partial charge is 0.407 e. The number of piperidine rings is 1. The number of halogens is 1. The summed E-state index contributed by atoms with van der Waals surface area (Å²) in [5.41, 5.74) is 1.43. The third-order valence-electron chi connectivity index (χ3n) is 14.2. The van der Waals surface area contributed by atoms with Crippen LogP contribution in [-0.4, -0.2) is 80.3 Å². The van der Waals surface area contributed by atoms with Crippen molar-refractivity contribution in [2.75, 3.05) is 19.8 Å². The van der Waals surface area contributed by atoms with Crippen molar-refractivity contribution in [3.63, 3.8) is 0 Å². The molecule has 358 valence electrons. The molecule has 2 fully saturated rings. The number of aromatic nitrogens is 1. The van der Waals surface area contributed by atoms with E-state index in [4.69, 9.17) is 8.85 Å². The average molecular weight is 964 g/mol. The maximum absolute atomic E-state index is 15.6. The Morgan fingerprint density at radius 3 is 2.03 bits per heavy atom. The van der Waals surface area contributed by atoms with Gasteiger partial charge in [-0.2, -0.15) is 0 Å². The minimum Gasteiger partial charge on any atom is -0.465 e. The number of likely N-dealkylation sites (tertiary alicyclic amines) is 1. The summed E-state index contributed by atoms with van der Waals surface area (Å²) in [7, 11) is -5.06. The lowest BCUT2D eigenvalue weighted by Gasteiger charge is -2.45. The number of hydrogen-bond donors (Lipinski definition) is 2. The monoisotopic (exact) mass is 963 g/mol. The number of benzene rings is 4. The highest BCUT2D eigenvalue weighted by molar-refractivity contribution is 8.00. The number of pyridine rings is 1. The molecule has 1 aromatic heterocycles. The second-order valence-corrected chi connectivity index (χ2v) is 32.6. The highest BCUT2D eigenvalue weighted by Gasteiger charge is 2.51. The van der Waals surface area contributed by atoms with Crippen molar-refractivity contribution in [1.29, 1.82) is 0 Å². The molecular formula is C54H70FN3O6SSi2. The van der Waals surface area contributed by atoms with Crippen molar-refractivity contribution in [2.24, 2.45) is 5.41 Å². The number of nitrogens with zero attached hydrogens (tertiary/aromatic N) is 2. The zero-order valence-electron chi connectivity index (χ0n) is 41.3. The van der Waals surface area contributed by atoms with E-state index >= 15 is 4.39 Å². The number of carbonyl (C=O) groups excluding carboxylic acids is 1. The van der Waals surface area contributed by atoms with Crippen LogP contribution in [0.2, 0.25) is 23.2 Å². The molecule has 1 aliphatic carbocycles. The highest BCUT2D eigenvalue weighted by atomic mass is 32.2. The first kappa shape index (κ1) is 50.3. The SMILES string of the molecule is Cc1c(F)cc(C(=O)NC2CC2)cc1-c1ccc2c(=O)n(CC(C)(C)CO[Si](C)(C)C(C)(C)C)cc(S[C@H]3CCN(C(=O)O)[C@H](CO[Si](c4ccccc4)(c4ccccc4)C(C)(C)C)C3)c2c1. The first-order chi connectivity index (χ1) is 31.4. The molecule has 0 unspecified atom stereocenters. The Bertz CT molecular complexity index is 2620. The van der Waals surface area contributed by atoms with Gasteiger partial charge < -0.3 is 28.7 Å². The number of hydrogen-bond acceptors (Lipinski definition) is 6. The quantitative estimate of drug-likeness (QED) is 0.101. The van der Waals surface area contributed by atoms with E-state index in [0.717, 1.165) is 33.5 Å². The van der Waals surface area contributed by atoms with E-state index in [-0.39, 0.29) is 50.4 Å². The van der Waals surface area contributed by atoms with Crippen LogP contribution < -0.4 is 21.2 Å². The largest absolute Gasteiger partial charge is 0.465 e. The van der Waals surface area contributed by atoms with Gasteiger partial charge in [0.15, 0.2) is 8.32 Å². The molecule has 9 nitrogen and oxygen atoms in total. The topological polar surface area (TPSA) is 110 Å². The van der Waals surface area contributed by atoms with E-state index < -0.39 is 34.6 Å². The molecule has 2 aliphatic rings. The van der Waals surface area contributed by atoms with Gasteiger partial charge >= 0.3 is 6.09 Å². The Morgan fingerprint density at radius 1 is 0.836 bits per heavy atom. The van der Waals surface area contributed by atoms with Crippen LogP contribution in [0.25, 0.3) is 21.9 Å². The Balaban J connectivity index is 1.27. The number of rotatable bonds is 15. The summed E-state index contributed by atoms with van der Waals surface area (Å²) < 4.78 is 31.5. The molecular weight excluding hydrogens is 894 g/mol. The summed E-state index contributed by atoms with van der Waals surface area (Å²) >= 11 is 1.66. The molecule has 67 heavy (non-hydrogen) atoms. The molecule has 0 radical (unpaired) electrons. The summed E-state index contributed by atoms with van der Waals surface area (Å²) in [4.78, 5) is 43.2. The van der Waals surface area contributed by atoms with Crippen LogP contribution in [0.1, 0.15) is 97.0 Å². The molecule has 4 aromatic carbocycles. The van der Waals surface area contributed by atoms with E-state index in [0.29, 0.717) is 54.6 Å². The molecule has 5 aromatic rings. The van der Waals surface area contributed by atoms with Crippen molar-refractivity contribution in [2.45, 2.75) is 140 Å². The van der Waals surface area contributed by atoms with Crippen molar-refractivity contribution in [1.82, 2.24) is 14.8 Å². The lowest BCUT2D eigenvalue weighted by molar-refractivity contribution is 0.0831. The minimum atomic E-state index is -2.98. The van der Waals surface area contributed by atoms with Crippen LogP contribution in [0.5, 0.6) is 0 Å². The van der Waals surface area contributed by atoms with Gasteiger partial charge in [0.1, 0.15) is 5.82 Å². The normalized spacial score (nSPS) is 17.5. The number of nitrogens with one attached hydrogen (secondary N) is 1. The number of fused-ring (bicyclic) bond motifs is 1. The Morgan fingerprint density at radius 2 is 1.46 bits per heavy atom. The Kier molecular flexibility index (Phi) is 14.6. The summed E-state index contributed by atoms with van der Waals surface area (Å²) in [5.74, 6) is -0.772. The van der Waals surface area contributed by atoms with Gasteiger partial charge in [-0.1, -0.05) is 122 Å². The van der Waals surface area contributed by atoms with E-state index in [1.54, 1.807) is 29.7 Å². The molecule has 2 atom stereocenters. The van der Waals surface area contributed by atoms with E-state index in [2.05, 4.69) is 98.1 Å². The maximum Gasteiger partial charge on any atom is 0.407 e. The van der Waals surface area contributed by atoms with Crippen molar-refractivity contribution in [3.8, 4) is 11.1 Å². The van der Waals surface area contributed by atoms with Crippen LogP contribution in [-0.2, 0) is 15.4 Å². The molecule has 2 amide bonds. The van der Waals surface area contributed by atoms with Crippen LogP contribution in [0, 0.1) is 18.2 Å². The van der Waals surface area contributed by atoms with E-state index in [1.165, 1.54) is 6.07 Å². The zero-order chi connectivity index (χ0) is 48.7. The number of amides is 2. The van der Waals surface area contributed by atoms with Crippen molar-refractivity contribution >= 4 is 61.5 Å². The molecule has 1 saturated carbocycles. The molecule has 1 aliphatic heterocycles. The molecule has 7 rings (SSSR count). The van der Waals surface area contributed by atoms with Crippen LogP contribution in [0.3, 0.4) is 0 Å². The Labute approximate surface area is 403 Å². The predicted molar refractivity (Wildman–Crippen MR) is 277 cm³/mol. The summed E-state index contributed by atoms with van der Waals surface area (Å²) in [6, 6.07) is 29.1. The summed E-state index contributed by atoms with van der Waals surface area (Å²) in [6.45, 7) is 25.2. The first-order valence-corrected chi connectivity index (χ1v) is 29.4. The number of carboxylic acid groups (broad SMARTS) is 1. The van der Waals surface area contributed by atoms with Gasteiger partial charge in [0.25, 0.3) is 19.8 Å². The standard InChI is InChI=1S/C54H70FN3O6SSi2/c1-36-45(29-38(30-47(36)55)49(59)56-39-23-24-39)37-22-25-44-46(28-37)48(32-57(50(44)60)34-54(8,9)35-64-66(10,11)52(2,3)4)65-41-26-27-58(51(61)62)40(31-41)33-63-67(53(5,6)7,42-18-14-12-15-19-42)43-20-16-13-17-21-43/h12-22,25,28-30,32,39-41H,23-24,26-27,31,33-35H2,1-11H3,(H,56,59)(H,61,62)/t40-,41-/m0/s1. The van der Waals surface area contributed by atoms with Gasteiger partial charge in [-0.15, -0.1) is 11.8 Å². The molecule has 13 heteroatoms. The summed E-state index contributed by atoms with van der Waals surface area (Å²) in [6.07, 6.45) is 3.95. The van der Waals surface area contributed by atoms with Gasteiger partial charge in [-0.05, 0) is 107 Å². The maximum atomic E-state index is 15.6. The third kappa shape index (κ3) is 11.0. The second-order valence-electron chi connectivity index (χ2n) is 22.1. The van der Waals surface area contributed by atoms with Gasteiger partial charge in [0, 0.05) is 63.8 Å². The second kappa shape index (κ2) is 19.5. The van der Waals surface area contributed by atoms with Crippen molar-refractivity contribution in [3.05, 3.63) is 124 Å². The molecule has 0 bridgehead atoms. The fourth-order valence-electron chi connectivity index (χ4n) is 9.14. The van der Waals surface area contributed by atoms with Gasteiger partial charge in [0.05, 0.1) is 12.6 Å². The first-order valence-electron chi connectivity index (χ1n) is 23.7. The van der Waals surface area contributed by atoms with Crippen LogP contribution in [0.15, 0.2) is 107 Å². The van der Waals surface area contributed by atoms with Gasteiger partial charge in [-0.25, -0.2) is 9.18 Å². The summed E-state index contributed by atoms with van der Waals surface area (Å²) in [5, 5.41) is 16.8. The fraction of sp³-hybridized carbons (Fsp3) is 0.463. The zero-order valence-corrected chi connectivity index (χ0v) is 44.1. The number of thioether (sulfide) groups is 1. The lowest BCUT2D eigenvalue weighted by Crippen LogP contribution is -2.67. The fourth-order valence-corrected chi connectivity index (χ4v) is 16.3. The van der Waals surface area contributed by atoms with Crippen LogP contribution >= 0.6 is 11.8 Å². The van der Waals surface area contributed by atoms with Crippen molar-refractivity contribution < 1.29 is 27.9 Å². The third-order valence-corrected chi connectivity index (χ3v) is 25.0. The molecule has 2 N–H and O–H groups in total. The van der Waals surface area contributed by atoms with Gasteiger partial charge in [-0.3, -0.25) is 9.59 Å². The average Bonchev–Trinajstić information content (AvgIpc) is 4.09. The number of carbonyl (C=O) groups is 2. The lowest BCUT2D eigenvalue weighted by atomic mass is 9.94. The van der Waals surface area contributed by atoms with Gasteiger partial charge in [0.2, 0.25) is 0 Å². The highest BCUT2D eigenvalue weighted by Crippen LogP contribution is 2.42. The van der Waals surface area contributed by atoms with Crippen LogP contribution in [0.4, 0.5) is 9.18 Å². The van der Waals surface area contributed by atoms with E-state index in [9.17, 15) is 19.5 Å². The molecule has 2 heterocycles. The Hall–Kier alpha value is -4.54. The molecule has 1 saturated heterocycles. The predicted octanol–water partition coefficient (Wildman–Crippen LogP) is 11.2. The minimum absolute atomic E-state index is 0.0234.